The number of esters is 1. The van der Waals surface area contributed by atoms with Crippen molar-refractivity contribution >= 4 is 20.6 Å². The lowest BCUT2D eigenvalue weighted by Gasteiger charge is -2.15. The summed E-state index contributed by atoms with van der Waals surface area (Å²) in [6, 6.07) is 0. The summed E-state index contributed by atoms with van der Waals surface area (Å²) in [4.78, 5) is 14.8. The third-order valence-corrected chi connectivity index (χ3v) is 3.34. The fourth-order valence-electron chi connectivity index (χ4n) is 1.55. The lowest BCUT2D eigenvalue weighted by atomic mass is 10.0. The molecule has 0 radical (unpaired) electrons. The molecule has 0 heterocycles. The summed E-state index contributed by atoms with van der Waals surface area (Å²) in [5.74, 6) is -0.417. The van der Waals surface area contributed by atoms with Crippen LogP contribution >= 0.6 is 8.37 Å². The number of ether oxygens (including phenoxy) is 1. The molecule has 0 aromatic heterocycles. The number of nitrogens with zero attached hydrogens (tertiary/aromatic N) is 2. The third-order valence-electron chi connectivity index (χ3n) is 2.29. The minimum atomic E-state index is -0.417. The van der Waals surface area contributed by atoms with Gasteiger partial charge in [0.15, 0.2) is 0 Å². The Bertz CT molecular complexity index is 248. The zero-order chi connectivity index (χ0) is 10.9. The minimum absolute atomic E-state index is 0.380. The van der Waals surface area contributed by atoms with Crippen LogP contribution in [-0.4, -0.2) is 24.4 Å². The van der Waals surface area contributed by atoms with E-state index in [1.54, 1.807) is 6.92 Å². The summed E-state index contributed by atoms with van der Waals surface area (Å²) < 4.78 is 4.68. The van der Waals surface area contributed by atoms with Crippen LogP contribution in [0.15, 0.2) is 9.96 Å². The number of hydrogen-bond acceptors (Lipinski definition) is 3. The second kappa shape index (κ2) is 7.52. The topological polar surface area (TPSA) is 51.0 Å². The fraction of sp³-hybridized carbons (Fsp3) is 0.800. The molecule has 4 nitrogen and oxygen atoms in total. The number of carbonyl (C=O) groups is 1. The molecule has 1 aliphatic rings. The van der Waals surface area contributed by atoms with Crippen LogP contribution in [-0.2, 0) is 9.53 Å². The Labute approximate surface area is 92.0 Å². The van der Waals surface area contributed by atoms with Crippen LogP contribution in [0.1, 0.15) is 39.0 Å². The molecular formula is C10H17N2O2P. The van der Waals surface area contributed by atoms with Gasteiger partial charge in [0.25, 0.3) is 0 Å². The van der Waals surface area contributed by atoms with Crippen molar-refractivity contribution in [2.45, 2.75) is 44.7 Å². The van der Waals surface area contributed by atoms with E-state index in [0.717, 1.165) is 14.6 Å². The molecule has 0 spiro atoms. The molecular weight excluding hydrogens is 211 g/mol. The van der Waals surface area contributed by atoms with Gasteiger partial charge in [-0.15, -0.1) is 9.96 Å². The van der Waals surface area contributed by atoms with Gasteiger partial charge in [0.1, 0.15) is 6.21 Å². The van der Waals surface area contributed by atoms with Crippen LogP contribution in [0.25, 0.3) is 0 Å². The Kier molecular flexibility index (Phi) is 6.17. The van der Waals surface area contributed by atoms with E-state index in [2.05, 4.69) is 14.7 Å². The fourth-order valence-corrected chi connectivity index (χ4v) is 2.41. The average Bonchev–Trinajstić information content (AvgIpc) is 2.26. The number of hydrogen-bond donors (Lipinski definition) is 0. The summed E-state index contributed by atoms with van der Waals surface area (Å²) >= 11 is 0. The first kappa shape index (κ1) is 12.3. The van der Waals surface area contributed by atoms with E-state index in [-0.39, 0.29) is 0 Å². The molecule has 0 aliphatic heterocycles. The van der Waals surface area contributed by atoms with Gasteiger partial charge in [0, 0.05) is 14.0 Å². The van der Waals surface area contributed by atoms with Gasteiger partial charge in [-0.25, -0.2) is 4.79 Å². The van der Waals surface area contributed by atoms with E-state index < -0.39 is 5.97 Å². The van der Waals surface area contributed by atoms with Crippen molar-refractivity contribution in [1.29, 1.82) is 0 Å². The van der Waals surface area contributed by atoms with Crippen molar-refractivity contribution in [1.82, 2.24) is 0 Å². The van der Waals surface area contributed by atoms with Gasteiger partial charge in [-0.1, -0.05) is 19.3 Å². The highest BCUT2D eigenvalue weighted by Gasteiger charge is 2.11. The molecule has 0 aromatic rings. The maximum absolute atomic E-state index is 10.9. The first-order valence-corrected chi connectivity index (χ1v) is 6.34. The molecule has 1 saturated carbocycles. The predicted octanol–water partition coefficient (Wildman–Crippen LogP) is 3.00. The minimum Gasteiger partial charge on any atom is -0.462 e. The Morgan fingerprint density at radius 1 is 1.47 bits per heavy atom. The van der Waals surface area contributed by atoms with Crippen LogP contribution < -0.4 is 0 Å². The van der Waals surface area contributed by atoms with Gasteiger partial charge in [-0.3, -0.25) is 0 Å². The second-order valence-electron chi connectivity index (χ2n) is 3.49. The molecule has 1 aliphatic carbocycles. The van der Waals surface area contributed by atoms with E-state index in [4.69, 9.17) is 0 Å². The maximum atomic E-state index is 10.9. The van der Waals surface area contributed by atoms with Gasteiger partial charge in [-0.2, -0.15) is 0 Å². The molecule has 0 bridgehead atoms. The molecule has 5 heteroatoms. The zero-order valence-corrected chi connectivity index (χ0v) is 9.95. The van der Waals surface area contributed by atoms with E-state index in [0.29, 0.717) is 12.3 Å². The summed E-state index contributed by atoms with van der Waals surface area (Å²) in [5, 5.41) is 3.70. The molecule has 0 amide bonds. The van der Waals surface area contributed by atoms with E-state index in [9.17, 15) is 4.79 Å². The molecule has 0 unspecified atom stereocenters. The van der Waals surface area contributed by atoms with Crippen molar-refractivity contribution in [2.75, 3.05) is 6.61 Å². The zero-order valence-electron chi connectivity index (χ0n) is 9.06. The summed E-state index contributed by atoms with van der Waals surface area (Å²) in [6.07, 6.45) is 7.56. The second-order valence-corrected chi connectivity index (χ2v) is 4.63. The largest absolute Gasteiger partial charge is 0.462 e. The lowest BCUT2D eigenvalue weighted by molar-refractivity contribution is -0.134. The highest BCUT2D eigenvalue weighted by Crippen LogP contribution is 2.28. The molecule has 1 rings (SSSR count). The Balaban J connectivity index is 2.22. The van der Waals surface area contributed by atoms with Crippen molar-refractivity contribution in [3.8, 4) is 0 Å². The van der Waals surface area contributed by atoms with E-state index in [1.165, 1.54) is 32.1 Å². The Morgan fingerprint density at radius 2 is 2.20 bits per heavy atom. The summed E-state index contributed by atoms with van der Waals surface area (Å²) in [7, 11) is 0.990. The SMILES string of the molecule is CCOC(=O)/C=N/N=PC1CCCCC1. The van der Waals surface area contributed by atoms with E-state index in [1.807, 2.05) is 0 Å². The van der Waals surface area contributed by atoms with Gasteiger partial charge in [0.05, 0.1) is 6.61 Å². The molecule has 0 aromatic carbocycles. The van der Waals surface area contributed by atoms with Crippen LogP contribution in [0.5, 0.6) is 0 Å². The van der Waals surface area contributed by atoms with Gasteiger partial charge < -0.3 is 4.74 Å². The van der Waals surface area contributed by atoms with Crippen molar-refractivity contribution < 1.29 is 9.53 Å². The monoisotopic (exact) mass is 228 g/mol. The van der Waals surface area contributed by atoms with Gasteiger partial charge in [-0.05, 0) is 19.8 Å². The highest BCUT2D eigenvalue weighted by molar-refractivity contribution is 7.27. The van der Waals surface area contributed by atoms with Gasteiger partial charge in [0.2, 0.25) is 0 Å². The molecule has 15 heavy (non-hydrogen) atoms. The molecule has 0 saturated heterocycles. The van der Waals surface area contributed by atoms with Crippen molar-refractivity contribution in [3.05, 3.63) is 0 Å². The number of rotatable bonds is 4. The van der Waals surface area contributed by atoms with Crippen LogP contribution in [0.4, 0.5) is 0 Å². The molecule has 0 N–H and O–H groups in total. The van der Waals surface area contributed by atoms with E-state index >= 15 is 0 Å². The highest BCUT2D eigenvalue weighted by atomic mass is 31.1. The smallest absolute Gasteiger partial charge is 0.351 e. The third kappa shape index (κ3) is 5.63. The number of carbonyl (C=O) groups excluding carboxylic acids is 1. The van der Waals surface area contributed by atoms with Crippen LogP contribution in [0, 0.1) is 0 Å². The first-order valence-electron chi connectivity index (χ1n) is 5.43. The maximum Gasteiger partial charge on any atom is 0.351 e. The summed E-state index contributed by atoms with van der Waals surface area (Å²) in [5.41, 5.74) is 0.637. The Hall–Kier alpha value is -0.760. The van der Waals surface area contributed by atoms with Crippen LogP contribution in [0.2, 0.25) is 0 Å². The first-order chi connectivity index (χ1) is 7.33. The predicted molar refractivity (Wildman–Crippen MR) is 61.3 cm³/mol. The van der Waals surface area contributed by atoms with Crippen LogP contribution in [0.3, 0.4) is 0 Å². The quantitative estimate of drug-likeness (QED) is 0.321. The van der Waals surface area contributed by atoms with Gasteiger partial charge >= 0.3 is 5.97 Å². The summed E-state index contributed by atoms with van der Waals surface area (Å²) in [6.45, 7) is 2.15. The normalized spacial score (nSPS) is 18.7. The molecule has 84 valence electrons. The standard InChI is InChI=1S/C10H17N2O2P/c1-2-14-10(13)8-11-12-15-9-6-4-3-5-7-9/h8-9H,2-7H2,1H3/b11-8+. The molecule has 1 fully saturated rings. The molecule has 0 atom stereocenters. The van der Waals surface area contributed by atoms with Crippen molar-refractivity contribution in [2.24, 2.45) is 9.96 Å². The lowest BCUT2D eigenvalue weighted by Crippen LogP contribution is -2.04. The average molecular weight is 228 g/mol. The van der Waals surface area contributed by atoms with Crippen molar-refractivity contribution in [3.63, 3.8) is 0 Å². The Morgan fingerprint density at radius 3 is 2.87 bits per heavy atom.